The maximum Gasteiger partial charge on any atom is 0.416 e. The Hall–Kier alpha value is -3.67. The number of alkyl halides is 3. The summed E-state index contributed by atoms with van der Waals surface area (Å²) < 4.78 is 41.4. The summed E-state index contributed by atoms with van der Waals surface area (Å²) in [7, 11) is 0. The Morgan fingerprint density at radius 1 is 0.774 bits per heavy atom. The van der Waals surface area contributed by atoms with Gasteiger partial charge in [0.2, 0.25) is 0 Å². The first-order valence-corrected chi connectivity index (χ1v) is 9.84. The minimum absolute atomic E-state index is 0.283. The minimum atomic E-state index is -4.42. The molecule has 3 aromatic carbocycles. The first kappa shape index (κ1) is 19.3. The number of aromatic nitrogens is 3. The Kier molecular flexibility index (Phi) is 4.32. The number of aryl methyl sites for hydroxylation is 2. The third-order valence-corrected chi connectivity index (χ3v) is 5.38. The lowest BCUT2D eigenvalue weighted by atomic mass is 10.1. The van der Waals surface area contributed by atoms with Crippen molar-refractivity contribution < 1.29 is 13.2 Å². The summed E-state index contributed by atoms with van der Waals surface area (Å²) in [5, 5.41) is 6.24. The Labute approximate surface area is 176 Å². The van der Waals surface area contributed by atoms with Crippen LogP contribution >= 0.6 is 0 Å². The van der Waals surface area contributed by atoms with E-state index in [1.807, 2.05) is 68.4 Å². The molecule has 0 saturated heterocycles. The highest BCUT2D eigenvalue weighted by Gasteiger charge is 2.30. The van der Waals surface area contributed by atoms with Crippen molar-refractivity contribution in [1.29, 1.82) is 0 Å². The molecular weight excluding hydrogens is 399 g/mol. The van der Waals surface area contributed by atoms with Gasteiger partial charge in [0, 0.05) is 16.3 Å². The van der Waals surface area contributed by atoms with E-state index in [4.69, 9.17) is 5.10 Å². The molecule has 0 bridgehead atoms. The number of fused-ring (bicyclic) bond motifs is 2. The van der Waals surface area contributed by atoms with Crippen molar-refractivity contribution in [1.82, 2.24) is 14.8 Å². The predicted molar refractivity (Wildman–Crippen MR) is 116 cm³/mol. The van der Waals surface area contributed by atoms with E-state index < -0.39 is 11.7 Å². The molecule has 0 N–H and O–H groups in total. The second kappa shape index (κ2) is 6.94. The second-order valence-corrected chi connectivity index (χ2v) is 7.73. The van der Waals surface area contributed by atoms with Gasteiger partial charge in [0.05, 0.1) is 16.8 Å². The van der Waals surface area contributed by atoms with Gasteiger partial charge in [0.25, 0.3) is 0 Å². The molecule has 0 fully saturated rings. The molecule has 3 nitrogen and oxygen atoms in total. The van der Waals surface area contributed by atoms with Crippen LogP contribution in [0.25, 0.3) is 38.9 Å². The van der Waals surface area contributed by atoms with Gasteiger partial charge in [-0.25, -0.2) is 9.67 Å². The van der Waals surface area contributed by atoms with Crippen LogP contribution in [0.3, 0.4) is 0 Å². The summed E-state index contributed by atoms with van der Waals surface area (Å²) in [6.45, 7) is 4.01. The number of rotatable bonds is 2. The van der Waals surface area contributed by atoms with Crippen molar-refractivity contribution in [2.24, 2.45) is 0 Å². The van der Waals surface area contributed by atoms with Crippen LogP contribution in [0.15, 0.2) is 72.8 Å². The zero-order valence-corrected chi connectivity index (χ0v) is 16.9. The van der Waals surface area contributed by atoms with Crippen molar-refractivity contribution >= 4 is 21.9 Å². The van der Waals surface area contributed by atoms with E-state index in [-0.39, 0.29) is 5.52 Å². The summed E-state index contributed by atoms with van der Waals surface area (Å²) in [5.41, 5.74) is 4.79. The molecule has 0 aliphatic heterocycles. The van der Waals surface area contributed by atoms with Crippen LogP contribution in [-0.4, -0.2) is 14.8 Å². The molecular formula is C25H18F3N3. The molecule has 154 valence electrons. The van der Waals surface area contributed by atoms with Gasteiger partial charge in [-0.3, -0.25) is 0 Å². The molecule has 0 saturated carbocycles. The fourth-order valence-electron chi connectivity index (χ4n) is 3.66. The highest BCUT2D eigenvalue weighted by molar-refractivity contribution is 5.99. The molecule has 0 spiro atoms. The molecule has 5 aromatic rings. The lowest BCUT2D eigenvalue weighted by Crippen LogP contribution is -2.04. The number of pyridine rings is 1. The normalized spacial score (nSPS) is 12.0. The predicted octanol–water partition coefficient (Wildman–Crippen LogP) is 6.88. The zero-order valence-electron chi connectivity index (χ0n) is 16.9. The third-order valence-electron chi connectivity index (χ3n) is 5.38. The molecule has 2 aromatic heterocycles. The first-order valence-electron chi connectivity index (χ1n) is 9.84. The van der Waals surface area contributed by atoms with Gasteiger partial charge < -0.3 is 0 Å². The first-order chi connectivity index (χ1) is 14.8. The Bertz CT molecular complexity index is 1410. The number of halogens is 3. The van der Waals surface area contributed by atoms with Gasteiger partial charge in [-0.05, 0) is 44.2 Å². The molecule has 0 aliphatic rings. The molecule has 0 radical (unpaired) electrons. The van der Waals surface area contributed by atoms with Crippen molar-refractivity contribution in [2.75, 3.05) is 0 Å². The number of nitrogens with zero attached hydrogens (tertiary/aromatic N) is 3. The van der Waals surface area contributed by atoms with Crippen molar-refractivity contribution in [2.45, 2.75) is 20.0 Å². The van der Waals surface area contributed by atoms with Crippen LogP contribution in [0.4, 0.5) is 13.2 Å². The Morgan fingerprint density at radius 3 is 2.06 bits per heavy atom. The molecule has 0 unspecified atom stereocenters. The largest absolute Gasteiger partial charge is 0.416 e. The molecule has 2 heterocycles. The van der Waals surface area contributed by atoms with Crippen LogP contribution < -0.4 is 0 Å². The molecule has 0 aliphatic carbocycles. The van der Waals surface area contributed by atoms with Gasteiger partial charge in [-0.15, -0.1) is 0 Å². The minimum Gasteiger partial charge on any atom is -0.228 e. The van der Waals surface area contributed by atoms with Crippen LogP contribution in [0.5, 0.6) is 0 Å². The van der Waals surface area contributed by atoms with E-state index in [0.29, 0.717) is 11.0 Å². The molecule has 31 heavy (non-hydrogen) atoms. The van der Waals surface area contributed by atoms with Gasteiger partial charge >= 0.3 is 6.18 Å². The summed E-state index contributed by atoms with van der Waals surface area (Å²) in [6.07, 6.45) is -4.42. The number of hydrogen-bond acceptors (Lipinski definition) is 2. The average molecular weight is 417 g/mol. The Morgan fingerprint density at radius 2 is 1.42 bits per heavy atom. The van der Waals surface area contributed by atoms with Crippen LogP contribution in [0.1, 0.15) is 16.7 Å². The smallest absolute Gasteiger partial charge is 0.228 e. The lowest BCUT2D eigenvalue weighted by Gasteiger charge is -2.08. The van der Waals surface area contributed by atoms with Crippen LogP contribution in [-0.2, 0) is 6.18 Å². The van der Waals surface area contributed by atoms with Gasteiger partial charge in [0.15, 0.2) is 5.65 Å². The van der Waals surface area contributed by atoms with E-state index in [9.17, 15) is 13.2 Å². The van der Waals surface area contributed by atoms with Crippen LogP contribution in [0.2, 0.25) is 0 Å². The fraction of sp³-hybridized carbons (Fsp3) is 0.120. The molecule has 5 rings (SSSR count). The molecule has 0 atom stereocenters. The van der Waals surface area contributed by atoms with Crippen molar-refractivity contribution in [3.8, 4) is 16.9 Å². The third kappa shape index (κ3) is 3.44. The Balaban J connectivity index is 1.82. The summed E-state index contributed by atoms with van der Waals surface area (Å²) >= 11 is 0. The van der Waals surface area contributed by atoms with Gasteiger partial charge in [0.1, 0.15) is 5.69 Å². The standard InChI is InChI=1S/C25H18F3N3/c1-15-3-7-17(8-4-15)23-21-13-18-9-10-19(25(26,27)28)14-22(18)29-24(21)31(30-23)20-11-5-16(2)6-12-20/h3-14H,1-2H3. The van der Waals surface area contributed by atoms with Crippen molar-refractivity contribution in [3.05, 3.63) is 89.5 Å². The lowest BCUT2D eigenvalue weighted by molar-refractivity contribution is -0.137. The highest BCUT2D eigenvalue weighted by atomic mass is 19.4. The summed E-state index contributed by atoms with van der Waals surface area (Å²) in [5.74, 6) is 0. The van der Waals surface area contributed by atoms with E-state index >= 15 is 0 Å². The molecule has 6 heteroatoms. The number of benzene rings is 3. The summed E-state index contributed by atoms with van der Waals surface area (Å²) in [6, 6.07) is 21.3. The fourth-order valence-corrected chi connectivity index (χ4v) is 3.66. The second-order valence-electron chi connectivity index (χ2n) is 7.73. The topological polar surface area (TPSA) is 30.7 Å². The van der Waals surface area contributed by atoms with E-state index in [1.54, 1.807) is 4.68 Å². The zero-order chi connectivity index (χ0) is 21.8. The maximum atomic E-state index is 13.2. The van der Waals surface area contributed by atoms with Crippen LogP contribution in [0, 0.1) is 13.8 Å². The highest BCUT2D eigenvalue weighted by Crippen LogP contribution is 2.34. The quantitative estimate of drug-likeness (QED) is 0.314. The molecule has 0 amide bonds. The van der Waals surface area contributed by atoms with E-state index in [2.05, 4.69) is 4.98 Å². The SMILES string of the molecule is Cc1ccc(-c2nn(-c3ccc(C)cc3)c3nc4cc(C(F)(F)F)ccc4cc23)cc1. The van der Waals surface area contributed by atoms with E-state index in [1.165, 1.54) is 6.07 Å². The van der Waals surface area contributed by atoms with E-state index in [0.717, 1.165) is 45.6 Å². The monoisotopic (exact) mass is 417 g/mol. The van der Waals surface area contributed by atoms with Gasteiger partial charge in [-0.1, -0.05) is 53.6 Å². The average Bonchev–Trinajstić information content (AvgIpc) is 3.10. The summed E-state index contributed by atoms with van der Waals surface area (Å²) in [4.78, 5) is 4.61. The van der Waals surface area contributed by atoms with Crippen molar-refractivity contribution in [3.63, 3.8) is 0 Å². The van der Waals surface area contributed by atoms with Gasteiger partial charge in [-0.2, -0.15) is 18.3 Å². The maximum absolute atomic E-state index is 13.2. The number of hydrogen-bond donors (Lipinski definition) is 0.